The number of aromatic nitrogens is 1. The van der Waals surface area contributed by atoms with Gasteiger partial charge in [0.15, 0.2) is 0 Å². The molecule has 4 heteroatoms. The molecular weight excluding hydrogens is 206 g/mol. The molecule has 0 aliphatic heterocycles. The first-order valence-electron chi connectivity index (χ1n) is 4.75. The Labute approximate surface area is 92.8 Å². The lowest BCUT2D eigenvalue weighted by atomic mass is 10.1. The number of hydrogen-bond acceptors (Lipinski definition) is 4. The van der Waals surface area contributed by atoms with E-state index in [-0.39, 0.29) is 6.04 Å². The van der Waals surface area contributed by atoms with Crippen LogP contribution >= 0.6 is 11.3 Å². The zero-order chi connectivity index (χ0) is 10.7. The zero-order valence-corrected chi connectivity index (χ0v) is 9.08. The summed E-state index contributed by atoms with van der Waals surface area (Å²) >= 11 is 1.67. The van der Waals surface area contributed by atoms with E-state index in [2.05, 4.69) is 4.98 Å². The molecule has 15 heavy (non-hydrogen) atoms. The lowest BCUT2D eigenvalue weighted by Gasteiger charge is -2.10. The zero-order valence-electron chi connectivity index (χ0n) is 8.26. The lowest BCUT2D eigenvalue weighted by molar-refractivity contribution is 0.736. The fourth-order valence-corrected chi connectivity index (χ4v) is 2.19. The molecule has 1 unspecified atom stereocenters. The smallest absolute Gasteiger partial charge is 0.126 e. The molecule has 0 fully saturated rings. The van der Waals surface area contributed by atoms with Crippen LogP contribution in [-0.2, 0) is 6.42 Å². The second kappa shape index (κ2) is 4.42. The molecule has 0 aliphatic carbocycles. The predicted octanol–water partition coefficient (Wildman–Crippen LogP) is 1.97. The molecule has 0 spiro atoms. The van der Waals surface area contributed by atoms with E-state index in [9.17, 15) is 0 Å². The van der Waals surface area contributed by atoms with Gasteiger partial charge >= 0.3 is 0 Å². The normalized spacial score (nSPS) is 12.6. The summed E-state index contributed by atoms with van der Waals surface area (Å²) in [5.74, 6) is 0.574. The summed E-state index contributed by atoms with van der Waals surface area (Å²) < 4.78 is 0. The molecule has 2 rings (SSSR count). The maximum Gasteiger partial charge on any atom is 0.126 e. The van der Waals surface area contributed by atoms with Crippen molar-refractivity contribution < 1.29 is 0 Å². The number of thiophene rings is 1. The molecule has 2 aromatic heterocycles. The highest BCUT2D eigenvalue weighted by atomic mass is 32.1. The summed E-state index contributed by atoms with van der Waals surface area (Å²) in [5, 5.41) is 2.03. The molecule has 0 saturated heterocycles. The Morgan fingerprint density at radius 1 is 1.33 bits per heavy atom. The fraction of sp³-hybridized carbons (Fsp3) is 0.182. The molecule has 1 atom stereocenters. The first kappa shape index (κ1) is 10.1. The molecule has 0 bridgehead atoms. The number of nitrogens with zero attached hydrogens (tertiary/aromatic N) is 1. The van der Waals surface area contributed by atoms with Gasteiger partial charge in [-0.25, -0.2) is 4.98 Å². The topological polar surface area (TPSA) is 64.9 Å². The van der Waals surface area contributed by atoms with Gasteiger partial charge in [0.25, 0.3) is 0 Å². The van der Waals surface area contributed by atoms with E-state index >= 15 is 0 Å². The number of nitrogens with two attached hydrogens (primary N) is 2. The van der Waals surface area contributed by atoms with Gasteiger partial charge in [-0.05, 0) is 29.5 Å². The van der Waals surface area contributed by atoms with Crippen LogP contribution in [0.2, 0.25) is 0 Å². The van der Waals surface area contributed by atoms with Crippen LogP contribution in [-0.4, -0.2) is 4.98 Å². The van der Waals surface area contributed by atoms with Gasteiger partial charge in [-0.3, -0.25) is 0 Å². The lowest BCUT2D eigenvalue weighted by Crippen LogP contribution is -2.13. The van der Waals surface area contributed by atoms with Crippen molar-refractivity contribution in [3.8, 4) is 0 Å². The first-order chi connectivity index (χ1) is 7.27. The molecule has 0 saturated carbocycles. The summed E-state index contributed by atoms with van der Waals surface area (Å²) in [4.78, 5) is 5.22. The molecule has 0 amide bonds. The van der Waals surface area contributed by atoms with Crippen molar-refractivity contribution in [3.63, 3.8) is 0 Å². The standard InChI is InChI=1S/C11H13N3S/c12-9(10-4-2-6-15-10)7-8-3-1-5-14-11(8)13/h1-6,9H,7,12H2,(H2,13,14). The van der Waals surface area contributed by atoms with E-state index in [4.69, 9.17) is 11.5 Å². The highest BCUT2D eigenvalue weighted by Gasteiger charge is 2.09. The van der Waals surface area contributed by atoms with Crippen molar-refractivity contribution in [2.45, 2.75) is 12.5 Å². The molecular formula is C11H13N3S. The number of nitrogen functional groups attached to an aromatic ring is 1. The molecule has 0 radical (unpaired) electrons. The summed E-state index contributed by atoms with van der Waals surface area (Å²) in [6, 6.07) is 7.91. The van der Waals surface area contributed by atoms with E-state index in [0.717, 1.165) is 12.0 Å². The van der Waals surface area contributed by atoms with Gasteiger partial charge in [0.2, 0.25) is 0 Å². The summed E-state index contributed by atoms with van der Waals surface area (Å²) in [6.45, 7) is 0. The van der Waals surface area contributed by atoms with E-state index in [1.54, 1.807) is 17.5 Å². The van der Waals surface area contributed by atoms with Crippen LogP contribution in [0.25, 0.3) is 0 Å². The van der Waals surface area contributed by atoms with Gasteiger partial charge < -0.3 is 11.5 Å². The Balaban J connectivity index is 2.13. The second-order valence-corrected chi connectivity index (χ2v) is 4.35. The minimum absolute atomic E-state index is 0.0106. The average Bonchev–Trinajstić information content (AvgIpc) is 2.74. The second-order valence-electron chi connectivity index (χ2n) is 3.37. The minimum atomic E-state index is 0.0106. The minimum Gasteiger partial charge on any atom is -0.383 e. The van der Waals surface area contributed by atoms with Crippen LogP contribution < -0.4 is 11.5 Å². The molecule has 0 aliphatic rings. The third kappa shape index (κ3) is 2.34. The van der Waals surface area contributed by atoms with Crippen LogP contribution in [0.4, 0.5) is 5.82 Å². The predicted molar refractivity (Wildman–Crippen MR) is 63.6 cm³/mol. The highest BCUT2D eigenvalue weighted by Crippen LogP contribution is 2.22. The summed E-state index contributed by atoms with van der Waals surface area (Å²) in [7, 11) is 0. The highest BCUT2D eigenvalue weighted by molar-refractivity contribution is 7.10. The molecule has 0 aromatic carbocycles. The van der Waals surface area contributed by atoms with Crippen molar-refractivity contribution in [2.75, 3.05) is 5.73 Å². The van der Waals surface area contributed by atoms with Gasteiger partial charge in [-0.1, -0.05) is 12.1 Å². The number of hydrogen-bond donors (Lipinski definition) is 2. The van der Waals surface area contributed by atoms with Gasteiger partial charge in [0, 0.05) is 17.1 Å². The van der Waals surface area contributed by atoms with Crippen LogP contribution in [0.15, 0.2) is 35.8 Å². The van der Waals surface area contributed by atoms with Crippen molar-refractivity contribution in [3.05, 3.63) is 46.3 Å². The van der Waals surface area contributed by atoms with Gasteiger partial charge in [0.05, 0.1) is 0 Å². The Bertz CT molecular complexity index is 425. The summed E-state index contributed by atoms with van der Waals surface area (Å²) in [5.41, 5.74) is 12.8. The molecule has 2 heterocycles. The van der Waals surface area contributed by atoms with Crippen molar-refractivity contribution >= 4 is 17.2 Å². The molecule has 3 nitrogen and oxygen atoms in total. The Hall–Kier alpha value is -1.39. The van der Waals surface area contributed by atoms with Crippen molar-refractivity contribution in [2.24, 2.45) is 5.73 Å². The molecule has 2 aromatic rings. The van der Waals surface area contributed by atoms with E-state index in [1.165, 1.54) is 4.88 Å². The van der Waals surface area contributed by atoms with Crippen LogP contribution in [0, 0.1) is 0 Å². The number of anilines is 1. The van der Waals surface area contributed by atoms with Crippen molar-refractivity contribution in [1.29, 1.82) is 0 Å². The van der Waals surface area contributed by atoms with Gasteiger partial charge in [0.1, 0.15) is 5.82 Å². The maximum atomic E-state index is 6.07. The first-order valence-corrected chi connectivity index (χ1v) is 5.63. The SMILES string of the molecule is Nc1ncccc1CC(N)c1cccs1. The average molecular weight is 219 g/mol. The van der Waals surface area contributed by atoms with E-state index in [1.807, 2.05) is 29.6 Å². The molecule has 78 valence electrons. The van der Waals surface area contributed by atoms with Gasteiger partial charge in [-0.15, -0.1) is 11.3 Å². The quantitative estimate of drug-likeness (QED) is 0.829. The van der Waals surface area contributed by atoms with Crippen LogP contribution in [0.3, 0.4) is 0 Å². The van der Waals surface area contributed by atoms with Crippen LogP contribution in [0.5, 0.6) is 0 Å². The third-order valence-corrected chi connectivity index (χ3v) is 3.28. The molecule has 4 N–H and O–H groups in total. The summed E-state index contributed by atoms with van der Waals surface area (Å²) in [6.07, 6.45) is 2.43. The van der Waals surface area contributed by atoms with E-state index in [0.29, 0.717) is 5.82 Å². The Morgan fingerprint density at radius 3 is 2.87 bits per heavy atom. The maximum absolute atomic E-state index is 6.07. The largest absolute Gasteiger partial charge is 0.383 e. The van der Waals surface area contributed by atoms with Crippen molar-refractivity contribution in [1.82, 2.24) is 4.98 Å². The van der Waals surface area contributed by atoms with Crippen LogP contribution in [0.1, 0.15) is 16.5 Å². The van der Waals surface area contributed by atoms with E-state index < -0.39 is 0 Å². The monoisotopic (exact) mass is 219 g/mol. The Kier molecular flexibility index (Phi) is 2.99. The van der Waals surface area contributed by atoms with Gasteiger partial charge in [-0.2, -0.15) is 0 Å². The number of rotatable bonds is 3. The number of pyridine rings is 1. The third-order valence-electron chi connectivity index (χ3n) is 2.27. The fourth-order valence-electron chi connectivity index (χ4n) is 1.46. The Morgan fingerprint density at radius 2 is 2.20 bits per heavy atom.